The molecular formula is C28H28N4O3. The first kappa shape index (κ1) is 23.8. The Morgan fingerprint density at radius 3 is 1.97 bits per heavy atom. The zero-order valence-electron chi connectivity index (χ0n) is 20.0. The van der Waals surface area contributed by atoms with E-state index in [2.05, 4.69) is 29.4 Å². The number of hydrogen-bond acceptors (Lipinski definition) is 5. The molecule has 35 heavy (non-hydrogen) atoms. The number of amides is 3. The molecule has 0 fully saturated rings. The number of nitrogens with one attached hydrogen (secondary N) is 2. The Bertz CT molecular complexity index is 1260. The fourth-order valence-electron chi connectivity index (χ4n) is 4.14. The van der Waals surface area contributed by atoms with Gasteiger partial charge < -0.3 is 15.5 Å². The Morgan fingerprint density at radius 1 is 0.800 bits per heavy atom. The van der Waals surface area contributed by atoms with Crippen LogP contribution in [0.15, 0.2) is 84.6 Å². The Kier molecular flexibility index (Phi) is 6.96. The van der Waals surface area contributed by atoms with Crippen molar-refractivity contribution in [3.63, 3.8) is 0 Å². The molecule has 0 spiro atoms. The van der Waals surface area contributed by atoms with Gasteiger partial charge in [-0.2, -0.15) is 0 Å². The highest BCUT2D eigenvalue weighted by Gasteiger charge is 2.40. The van der Waals surface area contributed by atoms with Crippen molar-refractivity contribution >= 4 is 46.0 Å². The first-order valence-corrected chi connectivity index (χ1v) is 11.6. The largest absolute Gasteiger partial charge is 0.372 e. The molecule has 3 amide bonds. The van der Waals surface area contributed by atoms with Crippen molar-refractivity contribution in [1.29, 1.82) is 0 Å². The maximum atomic E-state index is 13.5. The molecule has 0 unspecified atom stereocenters. The highest BCUT2D eigenvalue weighted by Crippen LogP contribution is 2.34. The molecular weight excluding hydrogens is 440 g/mol. The number of rotatable bonds is 8. The van der Waals surface area contributed by atoms with Crippen LogP contribution in [0.25, 0.3) is 5.57 Å². The quantitative estimate of drug-likeness (QED) is 0.460. The van der Waals surface area contributed by atoms with Crippen LogP contribution in [0.5, 0.6) is 0 Å². The van der Waals surface area contributed by atoms with Gasteiger partial charge in [0.25, 0.3) is 11.8 Å². The molecule has 0 saturated carbocycles. The number of nitrogens with zero attached hydrogens (tertiary/aromatic N) is 2. The van der Waals surface area contributed by atoms with E-state index >= 15 is 0 Å². The minimum Gasteiger partial charge on any atom is -0.372 e. The van der Waals surface area contributed by atoms with E-state index in [1.165, 1.54) is 6.92 Å². The molecule has 7 nitrogen and oxygen atoms in total. The van der Waals surface area contributed by atoms with Crippen LogP contribution in [0, 0.1) is 0 Å². The van der Waals surface area contributed by atoms with Crippen LogP contribution in [-0.2, 0) is 14.4 Å². The third-order valence-electron chi connectivity index (χ3n) is 5.86. The van der Waals surface area contributed by atoms with Crippen molar-refractivity contribution in [3.05, 3.63) is 90.1 Å². The van der Waals surface area contributed by atoms with Crippen molar-refractivity contribution in [2.24, 2.45) is 0 Å². The topological polar surface area (TPSA) is 81.8 Å². The van der Waals surface area contributed by atoms with Crippen LogP contribution in [0.2, 0.25) is 0 Å². The second-order valence-electron chi connectivity index (χ2n) is 8.13. The fraction of sp³-hybridized carbons (Fsp3) is 0.179. The number of carbonyl (C=O) groups is 3. The molecule has 0 aliphatic carbocycles. The zero-order valence-corrected chi connectivity index (χ0v) is 20.0. The maximum Gasteiger partial charge on any atom is 0.282 e. The van der Waals surface area contributed by atoms with Gasteiger partial charge in [-0.15, -0.1) is 0 Å². The summed E-state index contributed by atoms with van der Waals surface area (Å²) in [7, 11) is 0. The Morgan fingerprint density at radius 2 is 1.40 bits per heavy atom. The maximum absolute atomic E-state index is 13.5. The fourth-order valence-corrected chi connectivity index (χ4v) is 4.14. The summed E-state index contributed by atoms with van der Waals surface area (Å²) in [6, 6.07) is 23.6. The lowest BCUT2D eigenvalue weighted by Gasteiger charge is -2.21. The van der Waals surface area contributed by atoms with E-state index in [9.17, 15) is 14.4 Å². The summed E-state index contributed by atoms with van der Waals surface area (Å²) in [5, 5.41) is 5.89. The minimum atomic E-state index is -0.436. The molecule has 1 aliphatic rings. The molecule has 178 valence electrons. The van der Waals surface area contributed by atoms with Gasteiger partial charge >= 0.3 is 0 Å². The SMILES string of the molecule is CCN(CC)c1ccc(NC2=C(c3ccccc3)C(=O)N(c3ccc(NC(C)=O)cc3)C2=O)cc1. The molecule has 0 bridgehead atoms. The van der Waals surface area contributed by atoms with Gasteiger partial charge in [-0.1, -0.05) is 30.3 Å². The molecule has 4 rings (SSSR count). The first-order chi connectivity index (χ1) is 16.9. The van der Waals surface area contributed by atoms with Crippen molar-refractivity contribution < 1.29 is 14.4 Å². The highest BCUT2D eigenvalue weighted by molar-refractivity contribution is 6.46. The van der Waals surface area contributed by atoms with Crippen LogP contribution in [0.1, 0.15) is 26.3 Å². The Balaban J connectivity index is 1.68. The van der Waals surface area contributed by atoms with E-state index in [1.54, 1.807) is 24.3 Å². The van der Waals surface area contributed by atoms with Crippen molar-refractivity contribution in [3.8, 4) is 0 Å². The summed E-state index contributed by atoms with van der Waals surface area (Å²) in [5.74, 6) is -1.04. The van der Waals surface area contributed by atoms with E-state index in [4.69, 9.17) is 0 Å². The van der Waals surface area contributed by atoms with Gasteiger partial charge in [0.15, 0.2) is 0 Å². The smallest absolute Gasteiger partial charge is 0.282 e. The summed E-state index contributed by atoms with van der Waals surface area (Å²) in [6.07, 6.45) is 0. The van der Waals surface area contributed by atoms with Crippen molar-refractivity contribution in [1.82, 2.24) is 0 Å². The number of benzene rings is 3. The normalized spacial score (nSPS) is 13.3. The lowest BCUT2D eigenvalue weighted by molar-refractivity contribution is -0.120. The number of anilines is 4. The van der Waals surface area contributed by atoms with Crippen molar-refractivity contribution in [2.75, 3.05) is 33.5 Å². The summed E-state index contributed by atoms with van der Waals surface area (Å²) >= 11 is 0. The van der Waals surface area contributed by atoms with Crippen LogP contribution < -0.4 is 20.4 Å². The predicted octanol–water partition coefficient (Wildman–Crippen LogP) is 4.89. The monoisotopic (exact) mass is 468 g/mol. The second-order valence-corrected chi connectivity index (χ2v) is 8.13. The standard InChI is InChI=1S/C28H28N4O3/c1-4-31(5-2)23-15-11-22(12-16-23)30-26-25(20-9-7-6-8-10-20)27(34)32(28(26)35)24-17-13-21(14-18-24)29-19(3)33/h6-18,30H,4-5H2,1-3H3,(H,29,33). The molecule has 1 heterocycles. The van der Waals surface area contributed by atoms with Gasteiger partial charge in [-0.3, -0.25) is 14.4 Å². The van der Waals surface area contributed by atoms with Gasteiger partial charge in [0, 0.05) is 37.1 Å². The summed E-state index contributed by atoms with van der Waals surface area (Å²) in [6.45, 7) is 7.42. The van der Waals surface area contributed by atoms with E-state index in [-0.39, 0.29) is 11.6 Å². The molecule has 7 heteroatoms. The lowest BCUT2D eigenvalue weighted by Crippen LogP contribution is -2.32. The molecule has 0 atom stereocenters. The number of hydrogen-bond donors (Lipinski definition) is 2. The molecule has 3 aromatic rings. The molecule has 1 aliphatic heterocycles. The predicted molar refractivity (Wildman–Crippen MR) is 140 cm³/mol. The minimum absolute atomic E-state index is 0.197. The summed E-state index contributed by atoms with van der Waals surface area (Å²) in [4.78, 5) is 41.8. The molecule has 0 radical (unpaired) electrons. The van der Waals surface area contributed by atoms with E-state index in [0.29, 0.717) is 28.2 Å². The Labute approximate surface area is 205 Å². The zero-order chi connectivity index (χ0) is 24.9. The second kappa shape index (κ2) is 10.3. The summed E-state index contributed by atoms with van der Waals surface area (Å²) in [5.41, 5.74) is 4.02. The average Bonchev–Trinajstić information content (AvgIpc) is 3.10. The van der Waals surface area contributed by atoms with Crippen molar-refractivity contribution in [2.45, 2.75) is 20.8 Å². The van der Waals surface area contributed by atoms with Gasteiger partial charge in [-0.25, -0.2) is 4.90 Å². The van der Waals surface area contributed by atoms with Gasteiger partial charge in [-0.05, 0) is 67.9 Å². The molecule has 2 N–H and O–H groups in total. The third kappa shape index (κ3) is 4.94. The van der Waals surface area contributed by atoms with Crippen LogP contribution >= 0.6 is 0 Å². The van der Waals surface area contributed by atoms with Crippen LogP contribution in [-0.4, -0.2) is 30.8 Å². The van der Waals surface area contributed by atoms with Gasteiger partial charge in [0.1, 0.15) is 5.70 Å². The first-order valence-electron chi connectivity index (χ1n) is 11.6. The third-order valence-corrected chi connectivity index (χ3v) is 5.86. The number of imide groups is 1. The molecule has 0 aromatic heterocycles. The van der Waals surface area contributed by atoms with E-state index in [0.717, 1.165) is 23.7 Å². The summed E-state index contributed by atoms with van der Waals surface area (Å²) < 4.78 is 0. The highest BCUT2D eigenvalue weighted by atomic mass is 16.2. The van der Waals surface area contributed by atoms with Crippen LogP contribution in [0.3, 0.4) is 0 Å². The van der Waals surface area contributed by atoms with E-state index < -0.39 is 11.8 Å². The van der Waals surface area contributed by atoms with Gasteiger partial charge in [0.05, 0.1) is 11.3 Å². The van der Waals surface area contributed by atoms with E-state index in [1.807, 2.05) is 54.6 Å². The molecule has 3 aromatic carbocycles. The van der Waals surface area contributed by atoms with Crippen LogP contribution in [0.4, 0.5) is 22.7 Å². The average molecular weight is 469 g/mol. The lowest BCUT2D eigenvalue weighted by atomic mass is 10.0. The Hall–Kier alpha value is -4.39. The van der Waals surface area contributed by atoms with Gasteiger partial charge in [0.2, 0.25) is 5.91 Å². The number of carbonyl (C=O) groups excluding carboxylic acids is 3. The molecule has 0 saturated heterocycles.